The number of ether oxygens (including phenoxy) is 2. The van der Waals surface area contributed by atoms with Gasteiger partial charge in [-0.25, -0.2) is 5.43 Å². The molecule has 0 radical (unpaired) electrons. The molecule has 0 atom stereocenters. The number of hydrogen-bond donors (Lipinski definition) is 1. The zero-order chi connectivity index (χ0) is 16.7. The summed E-state index contributed by atoms with van der Waals surface area (Å²) in [5.74, 6) is 0.746. The summed E-state index contributed by atoms with van der Waals surface area (Å²) in [5.41, 5.74) is 3.10. The molecule has 0 aliphatic heterocycles. The van der Waals surface area contributed by atoms with Crippen molar-refractivity contribution in [3.63, 3.8) is 0 Å². The molecular weight excluding hydrogens is 339 g/mol. The third kappa shape index (κ3) is 5.47. The molecule has 0 bridgehead atoms. The van der Waals surface area contributed by atoms with Gasteiger partial charge in [0, 0.05) is 5.02 Å². The van der Waals surface area contributed by atoms with Crippen molar-refractivity contribution in [3.05, 3.63) is 58.1 Å². The van der Waals surface area contributed by atoms with Crippen LogP contribution >= 0.6 is 23.2 Å². The number of nitrogens with zero attached hydrogens (tertiary/aromatic N) is 1. The van der Waals surface area contributed by atoms with Gasteiger partial charge in [-0.3, -0.25) is 4.79 Å². The summed E-state index contributed by atoms with van der Waals surface area (Å²) in [5, 5.41) is 4.91. The number of methoxy groups -OCH3 is 1. The second kappa shape index (κ2) is 8.41. The van der Waals surface area contributed by atoms with Crippen molar-refractivity contribution in [2.45, 2.75) is 0 Å². The van der Waals surface area contributed by atoms with Gasteiger partial charge in [0.05, 0.1) is 18.3 Å². The number of carbonyl (C=O) groups is 1. The molecule has 0 saturated carbocycles. The van der Waals surface area contributed by atoms with Crippen LogP contribution in [0.1, 0.15) is 5.56 Å². The molecule has 0 aliphatic rings. The lowest BCUT2D eigenvalue weighted by molar-refractivity contribution is -0.123. The summed E-state index contributed by atoms with van der Waals surface area (Å²) < 4.78 is 10.3. The zero-order valence-corrected chi connectivity index (χ0v) is 13.8. The number of hydrazone groups is 1. The van der Waals surface area contributed by atoms with Crippen molar-refractivity contribution < 1.29 is 14.3 Å². The topological polar surface area (TPSA) is 59.9 Å². The average molecular weight is 353 g/mol. The zero-order valence-electron chi connectivity index (χ0n) is 12.3. The van der Waals surface area contributed by atoms with Gasteiger partial charge in [0.25, 0.3) is 5.91 Å². The highest BCUT2D eigenvalue weighted by atomic mass is 35.5. The SMILES string of the molecule is COc1ccc(/C=N\NC(=O)COc2ccc(Cl)cc2)cc1Cl. The summed E-state index contributed by atoms with van der Waals surface area (Å²) in [7, 11) is 1.54. The first-order valence-electron chi connectivity index (χ1n) is 6.62. The number of amides is 1. The summed E-state index contributed by atoms with van der Waals surface area (Å²) in [6, 6.07) is 11.9. The Morgan fingerprint density at radius 3 is 2.61 bits per heavy atom. The first-order valence-corrected chi connectivity index (χ1v) is 7.38. The van der Waals surface area contributed by atoms with Crippen molar-refractivity contribution in [2.75, 3.05) is 13.7 Å². The van der Waals surface area contributed by atoms with Crippen LogP contribution < -0.4 is 14.9 Å². The largest absolute Gasteiger partial charge is 0.495 e. The highest BCUT2D eigenvalue weighted by Crippen LogP contribution is 2.24. The Bertz CT molecular complexity index is 703. The number of hydrogen-bond acceptors (Lipinski definition) is 4. The predicted octanol–water partition coefficient (Wildman–Crippen LogP) is 3.53. The number of carbonyl (C=O) groups excluding carboxylic acids is 1. The van der Waals surface area contributed by atoms with E-state index in [9.17, 15) is 4.79 Å². The van der Waals surface area contributed by atoms with E-state index in [4.69, 9.17) is 32.7 Å². The van der Waals surface area contributed by atoms with Crippen LogP contribution in [0, 0.1) is 0 Å². The molecule has 0 fully saturated rings. The average Bonchev–Trinajstić information content (AvgIpc) is 2.54. The van der Waals surface area contributed by atoms with E-state index in [2.05, 4.69) is 10.5 Å². The number of nitrogens with one attached hydrogen (secondary N) is 1. The first kappa shape index (κ1) is 17.1. The highest BCUT2D eigenvalue weighted by molar-refractivity contribution is 6.32. The van der Waals surface area contributed by atoms with Gasteiger partial charge in [-0.2, -0.15) is 5.10 Å². The lowest BCUT2D eigenvalue weighted by Gasteiger charge is -2.05. The maximum absolute atomic E-state index is 11.6. The summed E-state index contributed by atoms with van der Waals surface area (Å²) in [4.78, 5) is 11.6. The van der Waals surface area contributed by atoms with Crippen molar-refractivity contribution in [2.24, 2.45) is 5.10 Å². The van der Waals surface area contributed by atoms with Crippen LogP contribution in [0.3, 0.4) is 0 Å². The smallest absolute Gasteiger partial charge is 0.277 e. The minimum Gasteiger partial charge on any atom is -0.495 e. The van der Waals surface area contributed by atoms with Crippen LogP contribution in [0.4, 0.5) is 0 Å². The minimum atomic E-state index is -0.379. The van der Waals surface area contributed by atoms with Crippen molar-refractivity contribution in [3.8, 4) is 11.5 Å². The third-order valence-corrected chi connectivity index (χ3v) is 3.31. The Morgan fingerprint density at radius 1 is 1.22 bits per heavy atom. The quantitative estimate of drug-likeness (QED) is 0.638. The van der Waals surface area contributed by atoms with E-state index < -0.39 is 0 Å². The molecular formula is C16H14Cl2N2O3. The lowest BCUT2D eigenvalue weighted by Crippen LogP contribution is -2.24. The van der Waals surface area contributed by atoms with Crippen molar-refractivity contribution in [1.29, 1.82) is 0 Å². The van der Waals surface area contributed by atoms with E-state index in [1.165, 1.54) is 13.3 Å². The van der Waals surface area contributed by atoms with Gasteiger partial charge in [0.2, 0.25) is 0 Å². The van der Waals surface area contributed by atoms with Gasteiger partial charge in [-0.1, -0.05) is 23.2 Å². The summed E-state index contributed by atoms with van der Waals surface area (Å²) in [6.45, 7) is -0.150. The fourth-order valence-corrected chi connectivity index (χ4v) is 2.05. The van der Waals surface area contributed by atoms with Crippen LogP contribution in [0.2, 0.25) is 10.0 Å². The predicted molar refractivity (Wildman–Crippen MR) is 90.7 cm³/mol. The molecule has 2 aromatic carbocycles. The van der Waals surface area contributed by atoms with E-state index in [0.717, 1.165) is 5.56 Å². The first-order chi connectivity index (χ1) is 11.1. The van der Waals surface area contributed by atoms with Gasteiger partial charge in [-0.15, -0.1) is 0 Å². The second-order valence-electron chi connectivity index (χ2n) is 4.43. The monoisotopic (exact) mass is 352 g/mol. The number of benzene rings is 2. The molecule has 2 rings (SSSR count). The molecule has 1 amide bonds. The molecule has 0 heterocycles. The van der Waals surface area contributed by atoms with Crippen LogP contribution in [0.5, 0.6) is 11.5 Å². The summed E-state index contributed by atoms with van der Waals surface area (Å²) in [6.07, 6.45) is 1.48. The molecule has 5 nitrogen and oxygen atoms in total. The summed E-state index contributed by atoms with van der Waals surface area (Å²) >= 11 is 11.8. The van der Waals surface area contributed by atoms with Crippen LogP contribution in [0.25, 0.3) is 0 Å². The highest BCUT2D eigenvalue weighted by Gasteiger charge is 2.02. The van der Waals surface area contributed by atoms with E-state index in [1.54, 1.807) is 42.5 Å². The Balaban J connectivity index is 1.81. The number of rotatable bonds is 6. The molecule has 23 heavy (non-hydrogen) atoms. The molecule has 0 spiro atoms. The number of halogens is 2. The molecule has 1 N–H and O–H groups in total. The molecule has 120 valence electrons. The van der Waals surface area contributed by atoms with E-state index in [1.807, 2.05) is 0 Å². The van der Waals surface area contributed by atoms with Gasteiger partial charge in [0.1, 0.15) is 11.5 Å². The van der Waals surface area contributed by atoms with Crippen LogP contribution in [-0.2, 0) is 4.79 Å². The molecule has 2 aromatic rings. The fourth-order valence-electron chi connectivity index (χ4n) is 1.65. The molecule has 0 saturated heterocycles. The van der Waals surface area contributed by atoms with E-state index in [-0.39, 0.29) is 12.5 Å². The maximum Gasteiger partial charge on any atom is 0.277 e. The standard InChI is InChI=1S/C16H14Cl2N2O3/c1-22-15-7-2-11(8-14(15)18)9-19-20-16(21)10-23-13-5-3-12(17)4-6-13/h2-9H,10H2,1H3,(H,20,21)/b19-9-. The minimum absolute atomic E-state index is 0.150. The van der Waals surface area contributed by atoms with Crippen molar-refractivity contribution >= 4 is 35.3 Å². The maximum atomic E-state index is 11.6. The second-order valence-corrected chi connectivity index (χ2v) is 5.27. The van der Waals surface area contributed by atoms with Crippen molar-refractivity contribution in [1.82, 2.24) is 5.43 Å². The Morgan fingerprint density at radius 2 is 1.96 bits per heavy atom. The van der Waals surface area contributed by atoms with E-state index >= 15 is 0 Å². The normalized spacial score (nSPS) is 10.6. The Labute approximate surface area is 143 Å². The van der Waals surface area contributed by atoms with Gasteiger partial charge in [-0.05, 0) is 48.0 Å². The third-order valence-electron chi connectivity index (χ3n) is 2.76. The Kier molecular flexibility index (Phi) is 6.26. The van der Waals surface area contributed by atoms with Crippen LogP contribution in [-0.4, -0.2) is 25.8 Å². The van der Waals surface area contributed by atoms with Crippen LogP contribution in [0.15, 0.2) is 47.6 Å². The van der Waals surface area contributed by atoms with Gasteiger partial charge in [0.15, 0.2) is 6.61 Å². The fraction of sp³-hybridized carbons (Fsp3) is 0.125. The molecule has 0 unspecified atom stereocenters. The Hall–Kier alpha value is -2.24. The lowest BCUT2D eigenvalue weighted by atomic mass is 10.2. The molecule has 7 heteroatoms. The molecule has 0 aliphatic carbocycles. The van der Waals surface area contributed by atoms with Gasteiger partial charge >= 0.3 is 0 Å². The van der Waals surface area contributed by atoms with E-state index in [0.29, 0.717) is 21.5 Å². The van der Waals surface area contributed by atoms with Gasteiger partial charge < -0.3 is 9.47 Å². The molecule has 0 aromatic heterocycles.